The number of rotatable bonds is 6. The van der Waals surface area contributed by atoms with Crippen molar-refractivity contribution in [1.29, 1.82) is 0 Å². The molecule has 2 aromatic heterocycles. The molecule has 0 amide bonds. The maximum Gasteiger partial charge on any atom is 0.490 e. The largest absolute Gasteiger partial charge is 0.490 e. The van der Waals surface area contributed by atoms with Gasteiger partial charge >= 0.3 is 48.6 Å². The number of aliphatic carboxylic acids is 4. The number of carbonyl (C=O) groups is 4. The Labute approximate surface area is 296 Å². The van der Waals surface area contributed by atoms with Crippen LogP contribution in [0.5, 0.6) is 0 Å². The molecule has 306 valence electrons. The molecule has 0 bridgehead atoms. The third-order valence-electron chi connectivity index (χ3n) is 6.86. The monoisotopic (exact) mass is 808 g/mol. The fraction of sp³-hybridized carbons (Fsp3) is 0.517. The molecule has 2 fully saturated rings. The number of hydrogen-bond donors (Lipinski definition) is 4. The van der Waals surface area contributed by atoms with Gasteiger partial charge in [0, 0.05) is 56.6 Å². The number of alkyl halides is 12. The van der Waals surface area contributed by atoms with Crippen molar-refractivity contribution in [1.82, 2.24) is 19.8 Å². The highest BCUT2D eigenvalue weighted by atomic mass is 19.4. The van der Waals surface area contributed by atoms with E-state index in [1.807, 2.05) is 24.7 Å². The van der Waals surface area contributed by atoms with Crippen LogP contribution in [0.15, 0.2) is 49.1 Å². The van der Waals surface area contributed by atoms with Crippen molar-refractivity contribution in [2.75, 3.05) is 33.3 Å². The van der Waals surface area contributed by atoms with Gasteiger partial charge in [0.1, 0.15) is 0 Å². The summed E-state index contributed by atoms with van der Waals surface area (Å²) in [7, 11) is 2.29. The molecule has 0 saturated carbocycles. The van der Waals surface area contributed by atoms with Gasteiger partial charge in [-0.1, -0.05) is 6.07 Å². The van der Waals surface area contributed by atoms with Crippen LogP contribution < -0.4 is 0 Å². The van der Waals surface area contributed by atoms with Crippen molar-refractivity contribution < 1.29 is 97.0 Å². The van der Waals surface area contributed by atoms with E-state index < -0.39 is 48.6 Å². The van der Waals surface area contributed by atoms with Crippen LogP contribution >= 0.6 is 0 Å². The first-order chi connectivity index (χ1) is 24.5. The van der Waals surface area contributed by atoms with Gasteiger partial charge in [-0.25, -0.2) is 19.2 Å². The maximum atomic E-state index is 10.6. The quantitative estimate of drug-likeness (QED) is 0.282. The molecule has 13 nitrogen and oxygen atoms in total. The number of carboxylic acid groups (broad SMARTS) is 4. The minimum Gasteiger partial charge on any atom is -0.475 e. The van der Waals surface area contributed by atoms with E-state index in [4.69, 9.17) is 44.3 Å². The van der Waals surface area contributed by atoms with Crippen LogP contribution in [0.25, 0.3) is 0 Å². The summed E-state index contributed by atoms with van der Waals surface area (Å²) < 4.78 is 133. The lowest BCUT2D eigenvalue weighted by Crippen LogP contribution is -2.71. The first-order valence-corrected chi connectivity index (χ1v) is 14.5. The molecule has 2 aromatic rings. The summed E-state index contributed by atoms with van der Waals surface area (Å²) in [6, 6.07) is 8.27. The Morgan fingerprint density at radius 2 is 1.15 bits per heavy atom. The molecule has 0 aromatic carbocycles. The second kappa shape index (κ2) is 21.2. The Kier molecular flexibility index (Phi) is 19.3. The van der Waals surface area contributed by atoms with Gasteiger partial charge in [0.15, 0.2) is 0 Å². The first kappa shape index (κ1) is 49.2. The lowest BCUT2D eigenvalue weighted by molar-refractivity contribution is -0.193. The van der Waals surface area contributed by atoms with Crippen LogP contribution in [0, 0.1) is 5.92 Å². The Balaban J connectivity index is 0.000000820. The minimum absolute atomic E-state index is 0.341. The fourth-order valence-corrected chi connectivity index (χ4v) is 4.39. The number of nitrogens with zero attached hydrogens (tertiary/aromatic N) is 4. The summed E-state index contributed by atoms with van der Waals surface area (Å²) >= 11 is 0. The number of likely N-dealkylation sites (tertiary alicyclic amines) is 2. The van der Waals surface area contributed by atoms with Crippen molar-refractivity contribution in [3.05, 3.63) is 60.2 Å². The van der Waals surface area contributed by atoms with E-state index in [1.165, 1.54) is 24.9 Å². The number of pyridine rings is 2. The standard InChI is InChI=1S/C21H28N4O.4C2HF3O2/c1-24-10-6-19(14-26-15-20-3-2-7-23-12-20)11-21(24)16-25(17-21)13-18-4-8-22-9-5-18;4*3-2(4,5)1(6)7/h2-5,7-9,12,19H,6,10-11,13-17H2,1H3;4*(H,6,7). The van der Waals surface area contributed by atoms with Crippen molar-refractivity contribution in [2.24, 2.45) is 5.92 Å². The SMILES string of the molecule is CN1CCC(COCc2cccnc2)CC12CN(Cc1ccncc1)C2.O=C(O)C(F)(F)F.O=C(O)C(F)(F)F.O=C(O)C(F)(F)F.O=C(O)C(F)(F)F. The van der Waals surface area contributed by atoms with E-state index in [9.17, 15) is 52.7 Å². The Bertz CT molecular complexity index is 1360. The van der Waals surface area contributed by atoms with E-state index in [-0.39, 0.29) is 0 Å². The van der Waals surface area contributed by atoms with Crippen molar-refractivity contribution in [3.8, 4) is 0 Å². The van der Waals surface area contributed by atoms with E-state index >= 15 is 0 Å². The Hall–Kier alpha value is -4.78. The smallest absolute Gasteiger partial charge is 0.475 e. The molecule has 0 radical (unpaired) electrons. The molecule has 2 aliphatic rings. The highest BCUT2D eigenvalue weighted by Gasteiger charge is 2.49. The van der Waals surface area contributed by atoms with Crippen LogP contribution in [0.2, 0.25) is 0 Å². The summed E-state index contributed by atoms with van der Waals surface area (Å²) in [5.41, 5.74) is 2.85. The number of halogens is 12. The molecule has 1 atom stereocenters. The molecule has 25 heteroatoms. The predicted octanol–water partition coefficient (Wildman–Crippen LogP) is 5.12. The predicted molar refractivity (Wildman–Crippen MR) is 156 cm³/mol. The van der Waals surface area contributed by atoms with Crippen LogP contribution in [0.4, 0.5) is 52.7 Å². The molecule has 54 heavy (non-hydrogen) atoms. The van der Waals surface area contributed by atoms with Gasteiger partial charge in [-0.3, -0.25) is 19.8 Å². The molecular formula is C29H32F12N4O9. The fourth-order valence-electron chi connectivity index (χ4n) is 4.39. The normalized spacial score (nSPS) is 16.9. The Morgan fingerprint density at radius 3 is 1.52 bits per heavy atom. The Morgan fingerprint density at radius 1 is 0.722 bits per heavy atom. The molecule has 4 N–H and O–H groups in total. The zero-order chi connectivity index (χ0) is 42.1. The molecular weight excluding hydrogens is 776 g/mol. The molecule has 2 aliphatic heterocycles. The second-order valence-corrected chi connectivity index (χ2v) is 11.1. The third kappa shape index (κ3) is 19.9. The van der Waals surface area contributed by atoms with E-state index in [0.29, 0.717) is 18.1 Å². The van der Waals surface area contributed by atoms with Crippen molar-refractivity contribution in [2.45, 2.75) is 56.2 Å². The van der Waals surface area contributed by atoms with E-state index in [1.54, 1.807) is 6.20 Å². The van der Waals surface area contributed by atoms with Crippen LogP contribution in [0.1, 0.15) is 24.0 Å². The number of hydrogen-bond acceptors (Lipinski definition) is 9. The van der Waals surface area contributed by atoms with E-state index in [0.717, 1.165) is 31.8 Å². The van der Waals surface area contributed by atoms with Gasteiger partial charge in [0.2, 0.25) is 0 Å². The highest BCUT2D eigenvalue weighted by Crippen LogP contribution is 2.39. The molecule has 1 spiro atoms. The van der Waals surface area contributed by atoms with Crippen LogP contribution in [-0.2, 0) is 37.1 Å². The summed E-state index contributed by atoms with van der Waals surface area (Å²) in [6.45, 7) is 6.04. The molecule has 4 heterocycles. The van der Waals surface area contributed by atoms with Gasteiger partial charge in [-0.05, 0) is 61.7 Å². The van der Waals surface area contributed by atoms with Gasteiger partial charge in [-0.15, -0.1) is 0 Å². The molecule has 4 rings (SSSR count). The zero-order valence-electron chi connectivity index (χ0n) is 27.5. The lowest BCUT2D eigenvalue weighted by atomic mass is 9.75. The molecule has 0 aliphatic carbocycles. The average Bonchev–Trinajstić information content (AvgIpc) is 3.02. The number of ether oxygens (including phenoxy) is 1. The summed E-state index contributed by atoms with van der Waals surface area (Å²) in [5.74, 6) is -10.4. The second-order valence-electron chi connectivity index (χ2n) is 11.1. The summed E-state index contributed by atoms with van der Waals surface area (Å²) in [4.78, 5) is 49.0. The zero-order valence-corrected chi connectivity index (χ0v) is 27.5. The minimum atomic E-state index is -5.08. The lowest BCUT2D eigenvalue weighted by Gasteiger charge is -2.58. The van der Waals surface area contributed by atoms with Crippen molar-refractivity contribution in [3.63, 3.8) is 0 Å². The number of likely N-dealkylation sites (N-methyl/N-ethyl adjacent to an activating group) is 1. The summed E-state index contributed by atoms with van der Waals surface area (Å²) in [5, 5.41) is 28.5. The van der Waals surface area contributed by atoms with E-state index in [2.05, 4.69) is 45.0 Å². The molecule has 1 unspecified atom stereocenters. The maximum absolute atomic E-state index is 10.6. The number of aromatic nitrogens is 2. The highest BCUT2D eigenvalue weighted by molar-refractivity contribution is 5.74. The molecule has 2 saturated heterocycles. The van der Waals surface area contributed by atoms with Gasteiger partial charge < -0.3 is 25.2 Å². The average molecular weight is 809 g/mol. The van der Waals surface area contributed by atoms with Crippen LogP contribution in [-0.4, -0.2) is 128 Å². The summed E-state index contributed by atoms with van der Waals surface area (Å²) in [6.07, 6.45) is -10.4. The number of piperidine rings is 1. The van der Waals surface area contributed by atoms with Gasteiger partial charge in [0.25, 0.3) is 0 Å². The van der Waals surface area contributed by atoms with Crippen LogP contribution in [0.3, 0.4) is 0 Å². The third-order valence-corrected chi connectivity index (χ3v) is 6.86. The van der Waals surface area contributed by atoms with Gasteiger partial charge in [0.05, 0.1) is 6.61 Å². The topological polar surface area (TPSA) is 191 Å². The van der Waals surface area contributed by atoms with Gasteiger partial charge in [-0.2, -0.15) is 52.7 Å². The number of carboxylic acids is 4. The van der Waals surface area contributed by atoms with Crippen molar-refractivity contribution >= 4 is 23.9 Å². The first-order valence-electron chi connectivity index (χ1n) is 14.5.